The number of carbonyl (C=O) groups is 1. The highest BCUT2D eigenvalue weighted by atomic mass is 79.9. The standard InChI is InChI=1S/C8H3BrF5NO2/c9-2-1-15-5(6(10)11)4(8(12,13)14)3(2)7(16)17/h1,6H,(H,16,17). The van der Waals surface area contributed by atoms with Crippen molar-refractivity contribution in [2.75, 3.05) is 0 Å². The van der Waals surface area contributed by atoms with Crippen LogP contribution in [0.3, 0.4) is 0 Å². The number of rotatable bonds is 2. The van der Waals surface area contributed by atoms with E-state index in [4.69, 9.17) is 5.11 Å². The third kappa shape index (κ3) is 2.71. The highest BCUT2D eigenvalue weighted by molar-refractivity contribution is 9.10. The summed E-state index contributed by atoms with van der Waals surface area (Å²) in [6, 6.07) is 0. The molecule has 1 aromatic heterocycles. The van der Waals surface area contributed by atoms with Gasteiger partial charge in [0.15, 0.2) is 0 Å². The monoisotopic (exact) mass is 319 g/mol. The summed E-state index contributed by atoms with van der Waals surface area (Å²) < 4.78 is 61.9. The van der Waals surface area contributed by atoms with Gasteiger partial charge in [0.2, 0.25) is 0 Å². The SMILES string of the molecule is O=C(O)c1c(Br)cnc(C(F)F)c1C(F)(F)F. The lowest BCUT2D eigenvalue weighted by Gasteiger charge is -2.15. The van der Waals surface area contributed by atoms with Crippen molar-refractivity contribution in [2.24, 2.45) is 0 Å². The molecule has 0 aromatic carbocycles. The zero-order valence-corrected chi connectivity index (χ0v) is 9.31. The molecule has 0 saturated heterocycles. The third-order valence-corrected chi connectivity index (χ3v) is 2.37. The van der Waals surface area contributed by atoms with Crippen molar-refractivity contribution in [1.29, 1.82) is 0 Å². The molecule has 1 N–H and O–H groups in total. The van der Waals surface area contributed by atoms with Crippen molar-refractivity contribution in [2.45, 2.75) is 12.6 Å². The normalized spacial score (nSPS) is 11.9. The predicted molar refractivity (Wildman–Crippen MR) is 48.9 cm³/mol. The fourth-order valence-electron chi connectivity index (χ4n) is 1.16. The molecule has 94 valence electrons. The van der Waals surface area contributed by atoms with Gasteiger partial charge in [0.1, 0.15) is 5.69 Å². The molecule has 0 atom stereocenters. The Bertz CT molecular complexity index is 460. The molecule has 0 amide bonds. The summed E-state index contributed by atoms with van der Waals surface area (Å²) in [5.41, 5.74) is -4.81. The van der Waals surface area contributed by atoms with Gasteiger partial charge in [-0.3, -0.25) is 4.98 Å². The van der Waals surface area contributed by atoms with Crippen LogP contribution in [-0.4, -0.2) is 16.1 Å². The Hall–Kier alpha value is -1.25. The zero-order valence-electron chi connectivity index (χ0n) is 7.73. The molecule has 3 nitrogen and oxygen atoms in total. The van der Waals surface area contributed by atoms with E-state index in [9.17, 15) is 26.7 Å². The van der Waals surface area contributed by atoms with Crippen molar-refractivity contribution in [3.05, 3.63) is 27.5 Å². The number of pyridine rings is 1. The second-order valence-corrected chi connectivity index (χ2v) is 3.70. The van der Waals surface area contributed by atoms with Gasteiger partial charge in [0.05, 0.1) is 15.6 Å². The third-order valence-electron chi connectivity index (χ3n) is 1.77. The number of hydrogen-bond donors (Lipinski definition) is 1. The molecule has 9 heteroatoms. The van der Waals surface area contributed by atoms with Gasteiger partial charge in [-0.05, 0) is 15.9 Å². The van der Waals surface area contributed by atoms with Crippen LogP contribution in [0.25, 0.3) is 0 Å². The maximum Gasteiger partial charge on any atom is 0.419 e. The summed E-state index contributed by atoms with van der Waals surface area (Å²) >= 11 is 2.54. The topological polar surface area (TPSA) is 50.2 Å². The van der Waals surface area contributed by atoms with E-state index in [-0.39, 0.29) is 0 Å². The molecule has 0 saturated carbocycles. The van der Waals surface area contributed by atoms with E-state index in [1.165, 1.54) is 0 Å². The quantitative estimate of drug-likeness (QED) is 0.849. The first-order chi connectivity index (χ1) is 7.66. The first-order valence-corrected chi connectivity index (χ1v) is 4.72. The number of aromatic carboxylic acids is 1. The Morgan fingerprint density at radius 1 is 1.41 bits per heavy atom. The fraction of sp³-hybridized carbons (Fsp3) is 0.250. The summed E-state index contributed by atoms with van der Waals surface area (Å²) in [5, 5.41) is 8.61. The van der Waals surface area contributed by atoms with Crippen LogP contribution in [0.15, 0.2) is 10.7 Å². The minimum atomic E-state index is -5.23. The van der Waals surface area contributed by atoms with Gasteiger partial charge in [-0.25, -0.2) is 13.6 Å². The number of carboxylic acids is 1. The van der Waals surface area contributed by atoms with Crippen LogP contribution in [-0.2, 0) is 6.18 Å². The number of hydrogen-bond acceptors (Lipinski definition) is 2. The first-order valence-electron chi connectivity index (χ1n) is 3.93. The van der Waals surface area contributed by atoms with E-state index in [0.29, 0.717) is 6.20 Å². The van der Waals surface area contributed by atoms with Crippen molar-refractivity contribution in [1.82, 2.24) is 4.98 Å². The molecular weight excluding hydrogens is 317 g/mol. The molecule has 1 heterocycles. The fourth-order valence-corrected chi connectivity index (χ4v) is 1.63. The van der Waals surface area contributed by atoms with Gasteiger partial charge in [-0.15, -0.1) is 0 Å². The summed E-state index contributed by atoms with van der Waals surface area (Å²) in [6.07, 6.45) is -8.14. The molecular formula is C8H3BrF5NO2. The maximum atomic E-state index is 12.6. The molecule has 1 rings (SSSR count). The molecule has 17 heavy (non-hydrogen) atoms. The predicted octanol–water partition coefficient (Wildman–Crippen LogP) is 3.50. The van der Waals surface area contributed by atoms with E-state index in [1.807, 2.05) is 0 Å². The summed E-state index contributed by atoms with van der Waals surface area (Å²) in [7, 11) is 0. The lowest BCUT2D eigenvalue weighted by atomic mass is 10.1. The largest absolute Gasteiger partial charge is 0.478 e. The van der Waals surface area contributed by atoms with Gasteiger partial charge in [-0.2, -0.15) is 13.2 Å². The minimum Gasteiger partial charge on any atom is -0.478 e. The van der Waals surface area contributed by atoms with Gasteiger partial charge in [0, 0.05) is 6.20 Å². The van der Waals surface area contributed by atoms with Crippen LogP contribution < -0.4 is 0 Å². The lowest BCUT2D eigenvalue weighted by molar-refractivity contribution is -0.140. The molecule has 0 spiro atoms. The first kappa shape index (κ1) is 13.8. The van der Waals surface area contributed by atoms with Crippen LogP contribution in [0.5, 0.6) is 0 Å². The summed E-state index contributed by atoms with van der Waals surface area (Å²) in [4.78, 5) is 13.6. The van der Waals surface area contributed by atoms with Crippen molar-refractivity contribution < 1.29 is 31.9 Å². The summed E-state index contributed by atoms with van der Waals surface area (Å²) in [5.74, 6) is -1.96. The van der Waals surface area contributed by atoms with Crippen LogP contribution in [0.2, 0.25) is 0 Å². The Kier molecular flexibility index (Phi) is 3.70. The smallest absolute Gasteiger partial charge is 0.419 e. The Balaban J connectivity index is 3.68. The molecule has 0 fully saturated rings. The van der Waals surface area contributed by atoms with Crippen molar-refractivity contribution in [3.63, 3.8) is 0 Å². The molecule has 1 aromatic rings. The molecule has 0 bridgehead atoms. The second-order valence-electron chi connectivity index (χ2n) is 2.84. The van der Waals surface area contributed by atoms with Crippen molar-refractivity contribution in [3.8, 4) is 0 Å². The van der Waals surface area contributed by atoms with Crippen LogP contribution >= 0.6 is 15.9 Å². The number of alkyl halides is 5. The lowest BCUT2D eigenvalue weighted by Crippen LogP contribution is -2.18. The summed E-state index contributed by atoms with van der Waals surface area (Å²) in [6.45, 7) is 0. The molecule has 0 radical (unpaired) electrons. The van der Waals surface area contributed by atoms with E-state index in [0.717, 1.165) is 0 Å². The number of halogens is 6. The van der Waals surface area contributed by atoms with Crippen molar-refractivity contribution >= 4 is 21.9 Å². The number of aromatic nitrogens is 1. The average Bonchev–Trinajstić information content (AvgIpc) is 2.14. The van der Waals surface area contributed by atoms with Gasteiger partial charge in [-0.1, -0.05) is 0 Å². The van der Waals surface area contributed by atoms with Crippen LogP contribution in [0.4, 0.5) is 22.0 Å². The van der Waals surface area contributed by atoms with Gasteiger partial charge in [0.25, 0.3) is 6.43 Å². The Morgan fingerprint density at radius 3 is 2.29 bits per heavy atom. The zero-order chi connectivity index (χ0) is 13.4. The Morgan fingerprint density at radius 2 is 1.94 bits per heavy atom. The minimum absolute atomic E-state index is 0.512. The van der Waals surface area contributed by atoms with E-state index >= 15 is 0 Å². The van der Waals surface area contributed by atoms with E-state index < -0.39 is 39.9 Å². The molecule has 0 aliphatic heterocycles. The molecule has 0 aliphatic carbocycles. The highest BCUT2D eigenvalue weighted by Gasteiger charge is 2.42. The van der Waals surface area contributed by atoms with E-state index in [2.05, 4.69) is 20.9 Å². The second kappa shape index (κ2) is 4.55. The Labute approximate surface area is 99.4 Å². The van der Waals surface area contributed by atoms with E-state index in [1.54, 1.807) is 0 Å². The average molecular weight is 320 g/mol. The molecule has 0 unspecified atom stereocenters. The van der Waals surface area contributed by atoms with Gasteiger partial charge < -0.3 is 5.11 Å². The van der Waals surface area contributed by atoms with Gasteiger partial charge >= 0.3 is 12.1 Å². The maximum absolute atomic E-state index is 12.6. The van der Waals surface area contributed by atoms with Crippen LogP contribution in [0.1, 0.15) is 28.0 Å². The number of carboxylic acid groups (broad SMARTS) is 1. The van der Waals surface area contributed by atoms with Crippen LogP contribution in [0, 0.1) is 0 Å². The number of nitrogens with zero attached hydrogens (tertiary/aromatic N) is 1. The molecule has 0 aliphatic rings. The highest BCUT2D eigenvalue weighted by Crippen LogP contribution is 2.39.